The quantitative estimate of drug-likeness (QED) is 0.499. The molecule has 2 aromatic carbocycles. The molecule has 0 N–H and O–H groups in total. The van der Waals surface area contributed by atoms with Crippen LogP contribution >= 0.6 is 11.3 Å². The number of nitrogens with zero attached hydrogens (tertiary/aromatic N) is 1. The number of rotatable bonds is 7. The van der Waals surface area contributed by atoms with Crippen LogP contribution in [-0.2, 0) is 11.3 Å². The molecule has 0 saturated carbocycles. The molecule has 0 radical (unpaired) electrons. The summed E-state index contributed by atoms with van der Waals surface area (Å²) in [4.78, 5) is 15.7. The Balaban J connectivity index is 1.47. The number of carbonyl (C=O) groups excluding carboxylic acids is 1. The van der Waals surface area contributed by atoms with Crippen LogP contribution in [0.4, 0.5) is 4.39 Å². The van der Waals surface area contributed by atoms with Gasteiger partial charge >= 0.3 is 0 Å². The molecule has 1 aliphatic heterocycles. The van der Waals surface area contributed by atoms with Crippen LogP contribution in [0.2, 0.25) is 0 Å². The van der Waals surface area contributed by atoms with E-state index in [0.29, 0.717) is 35.5 Å². The first-order chi connectivity index (χ1) is 15.1. The Morgan fingerprint density at radius 1 is 1.13 bits per heavy atom. The molecule has 0 aliphatic carbocycles. The number of hydrogen-bond donors (Lipinski definition) is 0. The smallest absolute Gasteiger partial charge is 0.264 e. The summed E-state index contributed by atoms with van der Waals surface area (Å²) in [6.07, 6.45) is 1.47. The number of halogens is 1. The van der Waals surface area contributed by atoms with Crippen LogP contribution in [0.15, 0.2) is 42.5 Å². The molecule has 1 saturated heterocycles. The van der Waals surface area contributed by atoms with E-state index in [9.17, 15) is 9.18 Å². The second-order valence-electron chi connectivity index (χ2n) is 7.44. The first kappa shape index (κ1) is 21.6. The summed E-state index contributed by atoms with van der Waals surface area (Å²) in [6, 6.07) is 12.6. The zero-order valence-electron chi connectivity index (χ0n) is 17.7. The van der Waals surface area contributed by atoms with Crippen LogP contribution in [0.25, 0.3) is 10.1 Å². The molecule has 0 atom stereocenters. The molecule has 1 fully saturated rings. The lowest BCUT2D eigenvalue weighted by Gasteiger charge is -2.32. The molecule has 2 heterocycles. The van der Waals surface area contributed by atoms with Crippen molar-refractivity contribution in [2.45, 2.75) is 32.5 Å². The van der Waals surface area contributed by atoms with Crippen molar-refractivity contribution in [3.63, 3.8) is 0 Å². The Labute approximate surface area is 185 Å². The minimum Gasteiger partial charge on any atom is -0.490 e. The van der Waals surface area contributed by atoms with Gasteiger partial charge in [0.05, 0.1) is 18.1 Å². The third-order valence-corrected chi connectivity index (χ3v) is 6.60. The van der Waals surface area contributed by atoms with Crippen molar-refractivity contribution in [3.05, 3.63) is 58.7 Å². The van der Waals surface area contributed by atoms with Gasteiger partial charge in [-0.25, -0.2) is 4.39 Å². The second-order valence-corrected chi connectivity index (χ2v) is 8.50. The van der Waals surface area contributed by atoms with E-state index in [1.54, 1.807) is 13.2 Å². The highest BCUT2D eigenvalue weighted by Gasteiger charge is 2.29. The summed E-state index contributed by atoms with van der Waals surface area (Å²) >= 11 is 1.33. The molecular weight excluding hydrogens is 417 g/mol. The van der Waals surface area contributed by atoms with Crippen molar-refractivity contribution in [3.8, 4) is 11.5 Å². The van der Waals surface area contributed by atoms with Gasteiger partial charge in [-0.15, -0.1) is 11.3 Å². The molecule has 0 unspecified atom stereocenters. The summed E-state index contributed by atoms with van der Waals surface area (Å²) in [5, 5.41) is 0.489. The second kappa shape index (κ2) is 9.66. The number of piperidine rings is 1. The predicted octanol–water partition coefficient (Wildman–Crippen LogP) is 5.27. The monoisotopic (exact) mass is 443 g/mol. The molecule has 1 amide bonds. The van der Waals surface area contributed by atoms with Gasteiger partial charge in [0.1, 0.15) is 11.9 Å². The van der Waals surface area contributed by atoms with E-state index in [4.69, 9.17) is 14.2 Å². The van der Waals surface area contributed by atoms with Crippen LogP contribution < -0.4 is 9.47 Å². The predicted molar refractivity (Wildman–Crippen MR) is 120 cm³/mol. The third kappa shape index (κ3) is 4.52. The van der Waals surface area contributed by atoms with Gasteiger partial charge in [-0.3, -0.25) is 4.79 Å². The van der Waals surface area contributed by atoms with Crippen LogP contribution in [0.5, 0.6) is 11.5 Å². The highest BCUT2D eigenvalue weighted by molar-refractivity contribution is 7.21. The van der Waals surface area contributed by atoms with Crippen LogP contribution in [0, 0.1) is 5.82 Å². The maximum absolute atomic E-state index is 14.4. The van der Waals surface area contributed by atoms with Gasteiger partial charge in [0.25, 0.3) is 5.91 Å². The fourth-order valence-corrected chi connectivity index (χ4v) is 5.13. The molecular formula is C24H26FNO4S. The number of benzene rings is 2. The van der Waals surface area contributed by atoms with Crippen LogP contribution in [0.3, 0.4) is 0 Å². The first-order valence-electron chi connectivity index (χ1n) is 10.5. The zero-order valence-corrected chi connectivity index (χ0v) is 18.5. The number of carbonyl (C=O) groups is 1. The Morgan fingerprint density at radius 2 is 1.87 bits per heavy atom. The third-order valence-electron chi connectivity index (χ3n) is 5.42. The van der Waals surface area contributed by atoms with Crippen LogP contribution in [0.1, 0.15) is 35.0 Å². The molecule has 5 nitrogen and oxygen atoms in total. The summed E-state index contributed by atoms with van der Waals surface area (Å²) in [5.74, 6) is 1.08. The minimum atomic E-state index is -0.320. The fourth-order valence-electron chi connectivity index (χ4n) is 3.94. The van der Waals surface area contributed by atoms with Gasteiger partial charge in [-0.05, 0) is 31.2 Å². The normalized spacial score (nSPS) is 14.7. The molecule has 3 aromatic rings. The van der Waals surface area contributed by atoms with E-state index in [2.05, 4.69) is 0 Å². The number of hydrogen-bond acceptors (Lipinski definition) is 5. The lowest BCUT2D eigenvalue weighted by atomic mass is 10.1. The van der Waals surface area contributed by atoms with Gasteiger partial charge in [-0.1, -0.05) is 18.2 Å². The lowest BCUT2D eigenvalue weighted by Crippen LogP contribution is -2.41. The minimum absolute atomic E-state index is 0.0176. The van der Waals surface area contributed by atoms with E-state index in [-0.39, 0.29) is 24.4 Å². The van der Waals surface area contributed by atoms with Gasteiger partial charge in [0, 0.05) is 48.7 Å². The van der Waals surface area contributed by atoms with Crippen molar-refractivity contribution >= 4 is 27.3 Å². The van der Waals surface area contributed by atoms with Crippen molar-refractivity contribution in [1.82, 2.24) is 4.90 Å². The van der Waals surface area contributed by atoms with Crippen LogP contribution in [-0.4, -0.2) is 43.7 Å². The topological polar surface area (TPSA) is 48.0 Å². The molecule has 31 heavy (non-hydrogen) atoms. The Hall–Kier alpha value is -2.64. The molecule has 0 bridgehead atoms. The molecule has 164 valence electrons. The Bertz CT molecular complexity index is 1060. The van der Waals surface area contributed by atoms with Crippen molar-refractivity contribution < 1.29 is 23.4 Å². The summed E-state index contributed by atoms with van der Waals surface area (Å²) in [5.41, 5.74) is 0.634. The highest BCUT2D eigenvalue weighted by Crippen LogP contribution is 2.35. The number of thiophene rings is 1. The number of amides is 1. The van der Waals surface area contributed by atoms with Gasteiger partial charge in [0.2, 0.25) is 0 Å². The number of fused-ring (bicyclic) bond motifs is 1. The van der Waals surface area contributed by atoms with Crippen molar-refractivity contribution in [2.24, 2.45) is 0 Å². The SMILES string of the molecule is CCOc1ccccc1OC1CCN(C(=O)c2sc3cccc(F)c3c2COC)CC1. The first-order valence-corrected chi connectivity index (χ1v) is 11.3. The fraction of sp³-hybridized carbons (Fsp3) is 0.375. The summed E-state index contributed by atoms with van der Waals surface area (Å²) in [7, 11) is 1.56. The van der Waals surface area contributed by atoms with E-state index in [0.717, 1.165) is 29.0 Å². The van der Waals surface area contributed by atoms with E-state index in [1.807, 2.05) is 42.2 Å². The maximum atomic E-state index is 14.4. The maximum Gasteiger partial charge on any atom is 0.264 e. The number of para-hydroxylation sites is 2. The Morgan fingerprint density at radius 3 is 2.58 bits per heavy atom. The molecule has 1 aliphatic rings. The highest BCUT2D eigenvalue weighted by atomic mass is 32.1. The lowest BCUT2D eigenvalue weighted by molar-refractivity contribution is 0.0590. The average Bonchev–Trinajstić information content (AvgIpc) is 3.15. The molecule has 4 rings (SSSR count). The van der Waals surface area contributed by atoms with E-state index < -0.39 is 0 Å². The molecule has 1 aromatic heterocycles. The van der Waals surface area contributed by atoms with Gasteiger partial charge in [0.15, 0.2) is 11.5 Å². The van der Waals surface area contributed by atoms with Gasteiger partial charge < -0.3 is 19.1 Å². The Kier molecular flexibility index (Phi) is 6.73. The average molecular weight is 444 g/mol. The van der Waals surface area contributed by atoms with Crippen molar-refractivity contribution in [1.29, 1.82) is 0 Å². The summed E-state index contributed by atoms with van der Waals surface area (Å²) in [6.45, 7) is 3.90. The number of ether oxygens (including phenoxy) is 3. The van der Waals surface area contributed by atoms with Crippen molar-refractivity contribution in [2.75, 3.05) is 26.8 Å². The largest absolute Gasteiger partial charge is 0.490 e. The van der Waals surface area contributed by atoms with E-state index in [1.165, 1.54) is 17.4 Å². The summed E-state index contributed by atoms with van der Waals surface area (Å²) < 4.78 is 32.3. The number of methoxy groups -OCH3 is 1. The van der Waals surface area contributed by atoms with E-state index >= 15 is 0 Å². The molecule has 7 heteroatoms. The number of likely N-dealkylation sites (tertiary alicyclic amines) is 1. The zero-order chi connectivity index (χ0) is 21.8. The van der Waals surface area contributed by atoms with Gasteiger partial charge in [-0.2, -0.15) is 0 Å². The molecule has 0 spiro atoms. The standard InChI is InChI=1S/C24H26FNO4S/c1-3-29-19-8-4-5-9-20(19)30-16-11-13-26(14-12-16)24(27)23-17(15-28-2)22-18(25)7-6-10-21(22)31-23/h4-10,16H,3,11-15H2,1-2H3.